The Labute approximate surface area is 364 Å². The summed E-state index contributed by atoms with van der Waals surface area (Å²) in [5.41, 5.74) is 8.68. The van der Waals surface area contributed by atoms with Gasteiger partial charge in [0.25, 0.3) is 0 Å². The molecule has 0 radical (unpaired) electrons. The first-order valence-corrected chi connectivity index (χ1v) is 22.9. The van der Waals surface area contributed by atoms with Crippen molar-refractivity contribution in [2.45, 2.75) is 141 Å². The molecule has 0 bridgehead atoms. The lowest BCUT2D eigenvalue weighted by Crippen LogP contribution is -2.25. The Morgan fingerprint density at radius 3 is 1.60 bits per heavy atom. The molecule has 0 amide bonds. The van der Waals surface area contributed by atoms with Gasteiger partial charge in [-0.3, -0.25) is 9.97 Å². The van der Waals surface area contributed by atoms with E-state index in [2.05, 4.69) is 75.0 Å². The molecule has 0 spiro atoms. The molecule has 2 atom stereocenters. The smallest absolute Gasteiger partial charge is 0.340 e. The SMILES string of the molecule is CC(C)(C)OC(=O)c1cc(C2CC2)cnc1Cc1cccc2c1ccn2CC1CCCCO1.O=C(O)c1cc(C2CC2)cnc1Cc1cccc2c1ccn2CC1CCCCO1. The summed E-state index contributed by atoms with van der Waals surface area (Å²) < 4.78 is 22.2. The molecule has 62 heavy (non-hydrogen) atoms. The number of pyridine rings is 2. The van der Waals surface area contributed by atoms with E-state index < -0.39 is 11.6 Å². The van der Waals surface area contributed by atoms with E-state index in [0.717, 1.165) is 86.2 Å². The van der Waals surface area contributed by atoms with Crippen molar-refractivity contribution in [2.75, 3.05) is 13.2 Å². The fourth-order valence-electron chi connectivity index (χ4n) is 9.18. The van der Waals surface area contributed by atoms with Crippen molar-refractivity contribution < 1.29 is 28.9 Å². The summed E-state index contributed by atoms with van der Waals surface area (Å²) in [7, 11) is 0. The molecule has 2 aliphatic carbocycles. The highest BCUT2D eigenvalue weighted by Crippen LogP contribution is 2.41. The van der Waals surface area contributed by atoms with Crippen molar-refractivity contribution in [2.24, 2.45) is 0 Å². The molecule has 4 aromatic heterocycles. The molecule has 2 saturated heterocycles. The number of esters is 1. The number of hydrogen-bond donors (Lipinski definition) is 1. The number of ether oxygens (including phenoxy) is 3. The normalized spacial score (nSPS) is 19.3. The lowest BCUT2D eigenvalue weighted by Gasteiger charge is -2.23. The zero-order valence-corrected chi connectivity index (χ0v) is 36.5. The van der Waals surface area contributed by atoms with E-state index in [0.29, 0.717) is 41.5 Å². The summed E-state index contributed by atoms with van der Waals surface area (Å²) in [5.74, 6) is -0.151. The number of rotatable bonds is 12. The summed E-state index contributed by atoms with van der Waals surface area (Å²) in [4.78, 5) is 34.2. The zero-order chi connectivity index (χ0) is 42.8. The Kier molecular flexibility index (Phi) is 12.3. The van der Waals surface area contributed by atoms with Crippen LogP contribution in [0.25, 0.3) is 21.8 Å². The van der Waals surface area contributed by atoms with Gasteiger partial charge >= 0.3 is 11.9 Å². The highest BCUT2D eigenvalue weighted by atomic mass is 16.6. The minimum Gasteiger partial charge on any atom is -0.478 e. The van der Waals surface area contributed by atoms with E-state index in [9.17, 15) is 14.7 Å². The Hall–Kier alpha value is -5.32. The van der Waals surface area contributed by atoms with Gasteiger partial charge in [-0.15, -0.1) is 0 Å². The van der Waals surface area contributed by atoms with Crippen LogP contribution in [0.1, 0.15) is 151 Å². The van der Waals surface area contributed by atoms with E-state index in [1.54, 1.807) is 0 Å². The Morgan fingerprint density at radius 1 is 0.677 bits per heavy atom. The summed E-state index contributed by atoms with van der Waals surface area (Å²) in [6.45, 7) is 9.18. The maximum Gasteiger partial charge on any atom is 0.340 e. The summed E-state index contributed by atoms with van der Waals surface area (Å²) in [5, 5.41) is 12.1. The van der Waals surface area contributed by atoms with Gasteiger partial charge < -0.3 is 28.5 Å². The van der Waals surface area contributed by atoms with Crippen LogP contribution in [0.3, 0.4) is 0 Å². The van der Waals surface area contributed by atoms with E-state index in [-0.39, 0.29) is 18.2 Å². The standard InChI is InChI=1S/C28H34N2O3.C24H26N2O3/c1-28(2,3)33-27(31)24-15-21(19-10-11-19)17-29-25(24)16-20-7-6-9-26-23(20)12-13-30(26)18-22-8-4-5-14-32-22;27-24(28)21-12-18(16-7-8-16)14-25-22(21)13-17-4-3-6-23-20(17)9-10-26(23)15-19-5-1-2-11-29-19/h6-7,9,12-13,15,17,19,22H,4-5,8,10-11,14,16,18H2,1-3H3;3-4,6,9-10,12,14,16,19H,1-2,5,7-8,11,13,15H2,(H,27,28). The van der Waals surface area contributed by atoms with Crippen LogP contribution in [0.2, 0.25) is 0 Å². The predicted molar refractivity (Wildman–Crippen MR) is 241 cm³/mol. The lowest BCUT2D eigenvalue weighted by atomic mass is 10.00. The molecule has 4 aliphatic rings. The topological polar surface area (TPSA) is 118 Å². The van der Waals surface area contributed by atoms with Gasteiger partial charge in [-0.25, -0.2) is 9.59 Å². The number of nitrogens with zero attached hydrogens (tertiary/aromatic N) is 4. The molecule has 6 aromatic rings. The molecule has 4 fully saturated rings. The first-order chi connectivity index (χ1) is 30.1. The molecule has 10 heteroatoms. The van der Waals surface area contributed by atoms with Crippen LogP contribution >= 0.6 is 0 Å². The first-order valence-electron chi connectivity index (χ1n) is 22.9. The van der Waals surface area contributed by atoms with E-state index in [1.165, 1.54) is 54.1 Å². The number of fused-ring (bicyclic) bond motifs is 2. The minimum atomic E-state index is -0.894. The number of carboxylic acid groups (broad SMARTS) is 1. The van der Waals surface area contributed by atoms with Gasteiger partial charge in [0, 0.05) is 85.7 Å². The quantitative estimate of drug-likeness (QED) is 0.121. The number of aromatic carboxylic acids is 1. The third-order valence-corrected chi connectivity index (χ3v) is 12.8. The van der Waals surface area contributed by atoms with Crippen LogP contribution in [0, 0.1) is 0 Å². The maximum atomic E-state index is 13.1. The van der Waals surface area contributed by atoms with Gasteiger partial charge in [0.1, 0.15) is 5.60 Å². The first kappa shape index (κ1) is 42.0. The van der Waals surface area contributed by atoms with Gasteiger partial charge in [0.05, 0.1) is 34.7 Å². The average molecular weight is 837 g/mol. The highest BCUT2D eigenvalue weighted by molar-refractivity contribution is 5.92. The van der Waals surface area contributed by atoms with Gasteiger partial charge in [0.2, 0.25) is 0 Å². The molecule has 10 nitrogen and oxygen atoms in total. The molecule has 324 valence electrons. The Balaban J connectivity index is 0.000000159. The van der Waals surface area contributed by atoms with Crippen molar-refractivity contribution in [3.8, 4) is 0 Å². The fraction of sp³-hybridized carbons (Fsp3) is 0.462. The monoisotopic (exact) mass is 836 g/mol. The third-order valence-electron chi connectivity index (χ3n) is 12.8. The zero-order valence-electron chi connectivity index (χ0n) is 36.5. The van der Waals surface area contributed by atoms with Gasteiger partial charge in [-0.05, 0) is 155 Å². The summed E-state index contributed by atoms with van der Waals surface area (Å²) >= 11 is 0. The molecule has 10 rings (SSSR count). The van der Waals surface area contributed by atoms with Crippen LogP contribution in [-0.2, 0) is 40.1 Å². The molecular weight excluding hydrogens is 777 g/mol. The van der Waals surface area contributed by atoms with Gasteiger partial charge in [0.15, 0.2) is 0 Å². The second kappa shape index (κ2) is 18.2. The van der Waals surface area contributed by atoms with Crippen LogP contribution in [0.15, 0.2) is 85.5 Å². The number of carbonyl (C=O) groups excluding carboxylic acids is 1. The minimum absolute atomic E-state index is 0.276. The van der Waals surface area contributed by atoms with Crippen molar-refractivity contribution in [3.63, 3.8) is 0 Å². The second-order valence-electron chi connectivity index (χ2n) is 18.8. The van der Waals surface area contributed by atoms with Gasteiger partial charge in [-0.1, -0.05) is 24.3 Å². The van der Waals surface area contributed by atoms with E-state index in [4.69, 9.17) is 19.2 Å². The number of hydrogen-bond acceptors (Lipinski definition) is 7. The predicted octanol–water partition coefficient (Wildman–Crippen LogP) is 10.8. The van der Waals surface area contributed by atoms with Crippen molar-refractivity contribution in [1.82, 2.24) is 19.1 Å². The van der Waals surface area contributed by atoms with Crippen LogP contribution in [-0.4, -0.2) is 67.2 Å². The molecule has 2 aliphatic heterocycles. The lowest BCUT2D eigenvalue weighted by molar-refractivity contribution is 0.00622. The second-order valence-corrected chi connectivity index (χ2v) is 18.8. The molecule has 2 aromatic carbocycles. The number of benzene rings is 2. The fourth-order valence-corrected chi connectivity index (χ4v) is 9.18. The maximum absolute atomic E-state index is 13.1. The molecule has 6 heterocycles. The molecule has 2 unspecified atom stereocenters. The average Bonchev–Trinajstić information content (AvgIpc) is 4.21. The third kappa shape index (κ3) is 9.98. The van der Waals surface area contributed by atoms with E-state index in [1.807, 2.05) is 45.3 Å². The van der Waals surface area contributed by atoms with Crippen LogP contribution in [0.4, 0.5) is 0 Å². The molecular formula is C52H60N4O6. The van der Waals surface area contributed by atoms with Gasteiger partial charge in [-0.2, -0.15) is 0 Å². The number of carboxylic acids is 1. The number of aromatic nitrogens is 4. The van der Waals surface area contributed by atoms with Crippen LogP contribution in [0.5, 0.6) is 0 Å². The highest BCUT2D eigenvalue weighted by Gasteiger charge is 2.29. The van der Waals surface area contributed by atoms with Crippen LogP contribution < -0.4 is 0 Å². The Morgan fingerprint density at radius 2 is 1.16 bits per heavy atom. The summed E-state index contributed by atoms with van der Waals surface area (Å²) in [6.07, 6.45) is 21.4. The Bertz CT molecular complexity index is 2550. The molecule has 2 saturated carbocycles. The molecule has 1 N–H and O–H groups in total. The summed E-state index contributed by atoms with van der Waals surface area (Å²) in [6, 6.07) is 20.8. The number of carbonyl (C=O) groups is 2. The van der Waals surface area contributed by atoms with Crippen molar-refractivity contribution in [3.05, 3.63) is 130 Å². The van der Waals surface area contributed by atoms with Crippen molar-refractivity contribution >= 4 is 33.7 Å². The van der Waals surface area contributed by atoms with E-state index >= 15 is 0 Å². The largest absolute Gasteiger partial charge is 0.478 e. The van der Waals surface area contributed by atoms with Crippen molar-refractivity contribution in [1.29, 1.82) is 0 Å².